The van der Waals surface area contributed by atoms with Crippen molar-refractivity contribution in [2.75, 3.05) is 26.2 Å². The molecule has 1 aromatic heterocycles. The van der Waals surface area contributed by atoms with Crippen molar-refractivity contribution in [1.29, 1.82) is 0 Å². The average Bonchev–Trinajstić information content (AvgIpc) is 2.74. The van der Waals surface area contributed by atoms with Gasteiger partial charge in [-0.3, -0.25) is 0 Å². The molecular formula is C11H21N3S. The van der Waals surface area contributed by atoms with Gasteiger partial charge in [-0.15, -0.1) is 11.3 Å². The van der Waals surface area contributed by atoms with Crippen molar-refractivity contribution in [2.24, 2.45) is 5.92 Å². The van der Waals surface area contributed by atoms with Crippen LogP contribution in [0.3, 0.4) is 0 Å². The SMILES string of the molecule is CCNCC(C)CNCCc1nccs1. The highest BCUT2D eigenvalue weighted by atomic mass is 32.1. The monoisotopic (exact) mass is 227 g/mol. The average molecular weight is 227 g/mol. The number of aromatic nitrogens is 1. The maximum Gasteiger partial charge on any atom is 0.0937 e. The Morgan fingerprint density at radius 2 is 2.20 bits per heavy atom. The first-order valence-electron chi connectivity index (χ1n) is 5.62. The molecule has 3 nitrogen and oxygen atoms in total. The highest BCUT2D eigenvalue weighted by Crippen LogP contribution is 2.03. The van der Waals surface area contributed by atoms with E-state index in [4.69, 9.17) is 0 Å². The second-order valence-corrected chi connectivity index (χ2v) is 4.77. The molecule has 1 atom stereocenters. The molecule has 0 saturated carbocycles. The second kappa shape index (κ2) is 7.79. The van der Waals surface area contributed by atoms with Crippen molar-refractivity contribution in [3.63, 3.8) is 0 Å². The Morgan fingerprint density at radius 3 is 2.87 bits per heavy atom. The Hall–Kier alpha value is -0.450. The van der Waals surface area contributed by atoms with Gasteiger partial charge in [-0.1, -0.05) is 13.8 Å². The summed E-state index contributed by atoms with van der Waals surface area (Å²) < 4.78 is 0. The molecule has 86 valence electrons. The molecule has 0 radical (unpaired) electrons. The van der Waals surface area contributed by atoms with E-state index in [1.165, 1.54) is 5.01 Å². The quantitative estimate of drug-likeness (QED) is 0.661. The zero-order chi connectivity index (χ0) is 10.9. The summed E-state index contributed by atoms with van der Waals surface area (Å²) in [7, 11) is 0. The molecule has 0 fully saturated rings. The molecule has 0 spiro atoms. The lowest BCUT2D eigenvalue weighted by atomic mass is 10.2. The number of hydrogen-bond donors (Lipinski definition) is 2. The first-order valence-corrected chi connectivity index (χ1v) is 6.50. The minimum Gasteiger partial charge on any atom is -0.317 e. The third-order valence-corrected chi connectivity index (χ3v) is 3.07. The van der Waals surface area contributed by atoms with E-state index in [1.807, 2.05) is 11.6 Å². The largest absolute Gasteiger partial charge is 0.317 e. The van der Waals surface area contributed by atoms with E-state index in [0.717, 1.165) is 32.6 Å². The summed E-state index contributed by atoms with van der Waals surface area (Å²) in [6, 6.07) is 0. The van der Waals surface area contributed by atoms with Gasteiger partial charge < -0.3 is 10.6 Å². The fraction of sp³-hybridized carbons (Fsp3) is 0.727. The predicted molar refractivity (Wildman–Crippen MR) is 66.4 cm³/mol. The van der Waals surface area contributed by atoms with E-state index < -0.39 is 0 Å². The smallest absolute Gasteiger partial charge is 0.0937 e. The summed E-state index contributed by atoms with van der Waals surface area (Å²) in [6.07, 6.45) is 2.92. The number of thiazole rings is 1. The van der Waals surface area contributed by atoms with E-state index in [-0.39, 0.29) is 0 Å². The molecule has 0 aliphatic heterocycles. The van der Waals surface area contributed by atoms with Gasteiger partial charge in [0.05, 0.1) is 5.01 Å². The van der Waals surface area contributed by atoms with Gasteiger partial charge in [-0.2, -0.15) is 0 Å². The molecule has 0 amide bonds. The Morgan fingerprint density at radius 1 is 1.40 bits per heavy atom. The Kier molecular flexibility index (Phi) is 6.55. The summed E-state index contributed by atoms with van der Waals surface area (Å²) in [4.78, 5) is 4.25. The minimum absolute atomic E-state index is 0.696. The van der Waals surface area contributed by atoms with Crippen LogP contribution in [0.5, 0.6) is 0 Å². The van der Waals surface area contributed by atoms with Crippen molar-refractivity contribution in [1.82, 2.24) is 15.6 Å². The zero-order valence-electron chi connectivity index (χ0n) is 9.62. The van der Waals surface area contributed by atoms with E-state index in [1.54, 1.807) is 11.3 Å². The molecule has 1 unspecified atom stereocenters. The molecule has 0 aromatic carbocycles. The van der Waals surface area contributed by atoms with Gasteiger partial charge in [0, 0.05) is 24.5 Å². The molecule has 0 aliphatic rings. The molecule has 0 saturated heterocycles. The Bertz CT molecular complexity index is 236. The lowest BCUT2D eigenvalue weighted by molar-refractivity contribution is 0.481. The van der Waals surface area contributed by atoms with Gasteiger partial charge in [-0.25, -0.2) is 4.98 Å². The molecule has 1 heterocycles. The van der Waals surface area contributed by atoms with E-state index in [9.17, 15) is 0 Å². The van der Waals surface area contributed by atoms with Crippen LogP contribution in [0.25, 0.3) is 0 Å². The van der Waals surface area contributed by atoms with E-state index in [0.29, 0.717) is 5.92 Å². The van der Waals surface area contributed by atoms with Gasteiger partial charge in [-0.05, 0) is 25.6 Å². The maximum absolute atomic E-state index is 4.25. The molecule has 2 N–H and O–H groups in total. The van der Waals surface area contributed by atoms with Gasteiger partial charge in [0.2, 0.25) is 0 Å². The van der Waals surface area contributed by atoms with Crippen LogP contribution in [0, 0.1) is 5.92 Å². The standard InChI is InChI=1S/C11H21N3S/c1-3-12-8-10(2)9-13-5-4-11-14-6-7-15-11/h6-7,10,12-13H,3-5,8-9H2,1-2H3. The maximum atomic E-state index is 4.25. The molecule has 15 heavy (non-hydrogen) atoms. The van der Waals surface area contributed by atoms with E-state index >= 15 is 0 Å². The van der Waals surface area contributed by atoms with Crippen molar-refractivity contribution >= 4 is 11.3 Å². The summed E-state index contributed by atoms with van der Waals surface area (Å²) in [6.45, 7) is 8.67. The van der Waals surface area contributed by atoms with Crippen molar-refractivity contribution in [3.8, 4) is 0 Å². The molecular weight excluding hydrogens is 206 g/mol. The fourth-order valence-electron chi connectivity index (χ4n) is 1.38. The zero-order valence-corrected chi connectivity index (χ0v) is 10.4. The normalized spacial score (nSPS) is 12.9. The van der Waals surface area contributed by atoms with Crippen LogP contribution in [0.2, 0.25) is 0 Å². The number of nitrogens with one attached hydrogen (secondary N) is 2. The highest BCUT2D eigenvalue weighted by molar-refractivity contribution is 7.09. The van der Waals surface area contributed by atoms with Crippen LogP contribution in [0.15, 0.2) is 11.6 Å². The predicted octanol–water partition coefficient (Wildman–Crippen LogP) is 1.52. The van der Waals surface area contributed by atoms with Crippen molar-refractivity contribution in [3.05, 3.63) is 16.6 Å². The van der Waals surface area contributed by atoms with Crippen molar-refractivity contribution in [2.45, 2.75) is 20.3 Å². The molecule has 1 rings (SSSR count). The first kappa shape index (κ1) is 12.6. The van der Waals surface area contributed by atoms with Crippen molar-refractivity contribution < 1.29 is 0 Å². The van der Waals surface area contributed by atoms with Crippen LogP contribution < -0.4 is 10.6 Å². The lowest BCUT2D eigenvalue weighted by Gasteiger charge is -2.12. The molecule has 4 heteroatoms. The summed E-state index contributed by atoms with van der Waals surface area (Å²) in [5.74, 6) is 0.696. The van der Waals surface area contributed by atoms with Crippen LogP contribution in [0.1, 0.15) is 18.9 Å². The highest BCUT2D eigenvalue weighted by Gasteiger charge is 2.00. The summed E-state index contributed by atoms with van der Waals surface area (Å²) >= 11 is 1.73. The first-order chi connectivity index (χ1) is 7.33. The molecule has 0 bridgehead atoms. The fourth-order valence-corrected chi connectivity index (χ4v) is 2.00. The molecule has 0 aliphatic carbocycles. The Balaban J connectivity index is 1.97. The van der Waals surface area contributed by atoms with Crippen LogP contribution in [-0.2, 0) is 6.42 Å². The second-order valence-electron chi connectivity index (χ2n) is 3.79. The number of hydrogen-bond acceptors (Lipinski definition) is 4. The van der Waals surface area contributed by atoms with Gasteiger partial charge in [0.25, 0.3) is 0 Å². The van der Waals surface area contributed by atoms with Gasteiger partial charge in [0.15, 0.2) is 0 Å². The minimum atomic E-state index is 0.696. The topological polar surface area (TPSA) is 37.0 Å². The van der Waals surface area contributed by atoms with Crippen LogP contribution in [0.4, 0.5) is 0 Å². The van der Waals surface area contributed by atoms with Crippen LogP contribution in [-0.4, -0.2) is 31.2 Å². The third kappa shape index (κ3) is 5.87. The number of rotatable bonds is 8. The summed E-state index contributed by atoms with van der Waals surface area (Å²) in [5.41, 5.74) is 0. The van der Waals surface area contributed by atoms with Crippen LogP contribution >= 0.6 is 11.3 Å². The van der Waals surface area contributed by atoms with E-state index in [2.05, 4.69) is 29.5 Å². The lowest BCUT2D eigenvalue weighted by Crippen LogP contribution is -2.30. The third-order valence-electron chi connectivity index (χ3n) is 2.23. The number of nitrogens with zero attached hydrogens (tertiary/aromatic N) is 1. The van der Waals surface area contributed by atoms with Gasteiger partial charge >= 0.3 is 0 Å². The molecule has 1 aromatic rings. The Labute approximate surface area is 96.3 Å². The van der Waals surface area contributed by atoms with Gasteiger partial charge in [0.1, 0.15) is 0 Å². The summed E-state index contributed by atoms with van der Waals surface area (Å²) in [5, 5.41) is 10.1.